The Hall–Kier alpha value is -3.39. The van der Waals surface area contributed by atoms with Crippen molar-refractivity contribution in [2.24, 2.45) is 0 Å². The number of anilines is 1. The van der Waals surface area contributed by atoms with Gasteiger partial charge >= 0.3 is 6.03 Å². The summed E-state index contributed by atoms with van der Waals surface area (Å²) >= 11 is 1.48. The van der Waals surface area contributed by atoms with Crippen LogP contribution in [0.5, 0.6) is 0 Å². The van der Waals surface area contributed by atoms with E-state index < -0.39 is 0 Å². The predicted molar refractivity (Wildman–Crippen MR) is 109 cm³/mol. The zero-order valence-corrected chi connectivity index (χ0v) is 16.3. The highest BCUT2D eigenvalue weighted by atomic mass is 32.1. The van der Waals surface area contributed by atoms with Gasteiger partial charge in [-0.1, -0.05) is 12.1 Å². The molecule has 0 fully saturated rings. The van der Waals surface area contributed by atoms with E-state index >= 15 is 0 Å². The number of amides is 2. The Balaban J connectivity index is 1.43. The molecule has 1 aromatic carbocycles. The van der Waals surface area contributed by atoms with Crippen molar-refractivity contribution in [3.05, 3.63) is 71.2 Å². The molecule has 2 N–H and O–H groups in total. The molecule has 0 aliphatic heterocycles. The van der Waals surface area contributed by atoms with Crippen LogP contribution in [0.2, 0.25) is 0 Å². The van der Waals surface area contributed by atoms with Crippen molar-refractivity contribution in [2.45, 2.75) is 20.4 Å². The first-order valence-corrected chi connectivity index (χ1v) is 9.64. The van der Waals surface area contributed by atoms with Crippen molar-refractivity contribution >= 4 is 23.1 Å². The van der Waals surface area contributed by atoms with Gasteiger partial charge in [-0.15, -0.1) is 11.3 Å². The molecule has 8 heteroatoms. The summed E-state index contributed by atoms with van der Waals surface area (Å²) < 4.78 is 7.16. The van der Waals surface area contributed by atoms with E-state index in [1.807, 2.05) is 66.4 Å². The van der Waals surface area contributed by atoms with E-state index in [-0.39, 0.29) is 6.03 Å². The number of nitrogens with zero attached hydrogens (tertiary/aromatic N) is 3. The molecule has 0 atom stereocenters. The smallest absolute Gasteiger partial charge is 0.319 e. The Kier molecular flexibility index (Phi) is 4.94. The van der Waals surface area contributed by atoms with Gasteiger partial charge in [0.05, 0.1) is 35.6 Å². The van der Waals surface area contributed by atoms with E-state index in [2.05, 4.69) is 20.7 Å². The maximum atomic E-state index is 12.4. The fraction of sp³-hybridized carbons (Fsp3) is 0.150. The van der Waals surface area contributed by atoms with Crippen molar-refractivity contribution in [1.82, 2.24) is 20.1 Å². The van der Waals surface area contributed by atoms with Gasteiger partial charge in [-0.2, -0.15) is 5.10 Å². The summed E-state index contributed by atoms with van der Waals surface area (Å²) in [5.41, 5.74) is 4.20. The quantitative estimate of drug-likeness (QED) is 0.522. The Morgan fingerprint density at radius 2 is 2.07 bits per heavy atom. The van der Waals surface area contributed by atoms with Crippen LogP contribution in [0.3, 0.4) is 0 Å². The van der Waals surface area contributed by atoms with Crippen LogP contribution in [0, 0.1) is 13.8 Å². The number of urea groups is 1. The summed E-state index contributed by atoms with van der Waals surface area (Å²) in [6, 6.07) is 12.9. The lowest BCUT2D eigenvalue weighted by Gasteiger charge is -2.12. The van der Waals surface area contributed by atoms with E-state index in [4.69, 9.17) is 4.42 Å². The number of nitrogens with one attached hydrogen (secondary N) is 2. The summed E-state index contributed by atoms with van der Waals surface area (Å²) in [7, 11) is 0. The minimum Gasteiger partial charge on any atom is -0.462 e. The third-order valence-corrected chi connectivity index (χ3v) is 5.01. The first-order chi connectivity index (χ1) is 13.6. The number of carbonyl (C=O) groups excluding carboxylic acids is 1. The Morgan fingerprint density at radius 3 is 2.82 bits per heavy atom. The van der Waals surface area contributed by atoms with Gasteiger partial charge in [-0.3, -0.25) is 0 Å². The molecule has 2 amide bonds. The molecule has 0 unspecified atom stereocenters. The molecule has 0 radical (unpaired) electrons. The summed E-state index contributed by atoms with van der Waals surface area (Å²) in [5.74, 6) is 0.722. The van der Waals surface area contributed by atoms with E-state index in [1.54, 1.807) is 6.26 Å². The molecule has 4 aromatic rings. The first kappa shape index (κ1) is 18.0. The number of hydrogen-bond acceptors (Lipinski definition) is 5. The normalized spacial score (nSPS) is 10.8. The molecule has 0 spiro atoms. The van der Waals surface area contributed by atoms with Gasteiger partial charge < -0.3 is 15.1 Å². The van der Waals surface area contributed by atoms with Crippen LogP contribution in [0.1, 0.15) is 17.1 Å². The molecule has 4 rings (SSSR count). The van der Waals surface area contributed by atoms with Gasteiger partial charge in [0.1, 0.15) is 0 Å². The number of hydrogen-bond donors (Lipinski definition) is 2. The largest absolute Gasteiger partial charge is 0.462 e. The van der Waals surface area contributed by atoms with Gasteiger partial charge in [-0.25, -0.2) is 14.5 Å². The maximum Gasteiger partial charge on any atom is 0.319 e. The molecule has 0 bridgehead atoms. The molecule has 3 aromatic heterocycles. The SMILES string of the molecule is Cc1cc(C)n(-c2ccccc2NC(=O)NCc2csc(-c3ccco3)n2)n1. The average Bonchev–Trinajstić information content (AvgIpc) is 3.41. The van der Waals surface area contributed by atoms with Gasteiger partial charge in [0.15, 0.2) is 10.8 Å². The van der Waals surface area contributed by atoms with Crippen LogP contribution in [-0.4, -0.2) is 20.8 Å². The Bertz CT molecular complexity index is 1100. The van der Waals surface area contributed by atoms with Crippen molar-refractivity contribution in [1.29, 1.82) is 0 Å². The second-order valence-electron chi connectivity index (χ2n) is 6.29. The fourth-order valence-corrected chi connectivity index (χ4v) is 3.66. The van der Waals surface area contributed by atoms with Gasteiger partial charge in [0.25, 0.3) is 0 Å². The van der Waals surface area contributed by atoms with E-state index in [9.17, 15) is 4.79 Å². The van der Waals surface area contributed by atoms with Crippen molar-refractivity contribution in [3.63, 3.8) is 0 Å². The second kappa shape index (κ2) is 7.69. The molecule has 0 saturated heterocycles. The number of thiazole rings is 1. The molecular formula is C20H19N5O2S. The lowest BCUT2D eigenvalue weighted by atomic mass is 10.2. The highest BCUT2D eigenvalue weighted by molar-refractivity contribution is 7.13. The van der Waals surface area contributed by atoms with Crippen LogP contribution in [0.25, 0.3) is 16.5 Å². The molecule has 0 saturated carbocycles. The van der Waals surface area contributed by atoms with Crippen LogP contribution >= 0.6 is 11.3 Å². The average molecular weight is 393 g/mol. The summed E-state index contributed by atoms with van der Waals surface area (Å²) in [5, 5.41) is 12.9. The van der Waals surface area contributed by atoms with Crippen LogP contribution in [0.4, 0.5) is 10.5 Å². The first-order valence-electron chi connectivity index (χ1n) is 8.76. The number of para-hydroxylation sites is 2. The molecule has 0 aliphatic carbocycles. The predicted octanol–water partition coefficient (Wildman–Crippen LogP) is 4.53. The van der Waals surface area contributed by atoms with E-state index in [0.717, 1.165) is 33.5 Å². The van der Waals surface area contributed by atoms with Crippen molar-refractivity contribution in [3.8, 4) is 16.5 Å². The number of carbonyl (C=O) groups is 1. The molecule has 7 nitrogen and oxygen atoms in total. The maximum absolute atomic E-state index is 12.4. The lowest BCUT2D eigenvalue weighted by molar-refractivity contribution is 0.251. The number of rotatable bonds is 5. The molecule has 3 heterocycles. The fourth-order valence-electron chi connectivity index (χ4n) is 2.88. The van der Waals surface area contributed by atoms with Gasteiger partial charge in [0.2, 0.25) is 0 Å². The zero-order chi connectivity index (χ0) is 19.5. The van der Waals surface area contributed by atoms with E-state index in [0.29, 0.717) is 12.2 Å². The van der Waals surface area contributed by atoms with Crippen LogP contribution in [-0.2, 0) is 6.54 Å². The van der Waals surface area contributed by atoms with Crippen molar-refractivity contribution < 1.29 is 9.21 Å². The van der Waals surface area contributed by atoms with Gasteiger partial charge in [-0.05, 0) is 44.2 Å². The third kappa shape index (κ3) is 3.81. The highest BCUT2D eigenvalue weighted by Crippen LogP contribution is 2.24. The Labute approximate surface area is 166 Å². The minimum absolute atomic E-state index is 0.304. The number of aryl methyl sites for hydroxylation is 2. The zero-order valence-electron chi connectivity index (χ0n) is 15.5. The third-order valence-electron chi connectivity index (χ3n) is 4.10. The Morgan fingerprint density at radius 1 is 1.21 bits per heavy atom. The monoisotopic (exact) mass is 393 g/mol. The summed E-state index contributed by atoms with van der Waals surface area (Å²) in [6.07, 6.45) is 1.61. The number of benzene rings is 1. The van der Waals surface area contributed by atoms with Gasteiger partial charge in [0, 0.05) is 11.1 Å². The lowest BCUT2D eigenvalue weighted by Crippen LogP contribution is -2.28. The van der Waals surface area contributed by atoms with E-state index in [1.165, 1.54) is 11.3 Å². The summed E-state index contributed by atoms with van der Waals surface area (Å²) in [6.45, 7) is 4.25. The standard InChI is InChI=1S/C20H19N5O2S/c1-13-10-14(2)25(24-13)17-7-4-3-6-16(17)23-20(26)21-11-15-12-28-19(22-15)18-8-5-9-27-18/h3-10,12H,11H2,1-2H3,(H2,21,23,26). The second-order valence-corrected chi connectivity index (χ2v) is 7.14. The summed E-state index contributed by atoms with van der Waals surface area (Å²) in [4.78, 5) is 16.9. The van der Waals surface area contributed by atoms with Crippen LogP contribution in [0.15, 0.2) is 58.5 Å². The van der Waals surface area contributed by atoms with Crippen LogP contribution < -0.4 is 10.6 Å². The molecule has 142 valence electrons. The molecule has 28 heavy (non-hydrogen) atoms. The van der Waals surface area contributed by atoms with Crippen molar-refractivity contribution in [2.75, 3.05) is 5.32 Å². The topological polar surface area (TPSA) is 85.0 Å². The molecule has 0 aliphatic rings. The molecular weight excluding hydrogens is 374 g/mol. The highest BCUT2D eigenvalue weighted by Gasteiger charge is 2.12. The number of furan rings is 1. The minimum atomic E-state index is -0.304. The number of aromatic nitrogens is 3.